The third-order valence-corrected chi connectivity index (χ3v) is 4.17. The van der Waals surface area contributed by atoms with Gasteiger partial charge in [0.15, 0.2) is 0 Å². The molecule has 1 N–H and O–H groups in total. The molecule has 0 saturated heterocycles. The van der Waals surface area contributed by atoms with Gasteiger partial charge in [-0.3, -0.25) is 4.79 Å². The molecule has 2 rings (SSSR count). The number of nitrogens with zero attached hydrogens (tertiary/aromatic N) is 1. The van der Waals surface area contributed by atoms with E-state index in [9.17, 15) is 9.90 Å². The van der Waals surface area contributed by atoms with E-state index in [1.54, 1.807) is 11.8 Å². The van der Waals surface area contributed by atoms with Crippen molar-refractivity contribution in [2.45, 2.75) is 65.0 Å². The van der Waals surface area contributed by atoms with Crippen LogP contribution in [0.15, 0.2) is 18.2 Å². The largest absolute Gasteiger partial charge is 0.392 e. The second kappa shape index (κ2) is 7.08. The fourth-order valence-corrected chi connectivity index (χ4v) is 3.06. The van der Waals surface area contributed by atoms with Crippen molar-refractivity contribution in [3.63, 3.8) is 0 Å². The molecule has 3 nitrogen and oxygen atoms in total. The Morgan fingerprint density at radius 2 is 1.86 bits per heavy atom. The monoisotopic (exact) mass is 289 g/mol. The number of aliphatic hydroxyl groups is 1. The predicted molar refractivity (Wildman–Crippen MR) is 85.3 cm³/mol. The van der Waals surface area contributed by atoms with Crippen LogP contribution in [0.2, 0.25) is 0 Å². The van der Waals surface area contributed by atoms with E-state index in [-0.39, 0.29) is 11.9 Å². The number of hydrogen-bond acceptors (Lipinski definition) is 2. The maximum absolute atomic E-state index is 12.5. The van der Waals surface area contributed by atoms with Gasteiger partial charge in [-0.25, -0.2) is 0 Å². The molecule has 0 heterocycles. The minimum atomic E-state index is -0.486. The lowest BCUT2D eigenvalue weighted by atomic mass is 9.90. The molecule has 0 aromatic heterocycles. The third kappa shape index (κ3) is 4.31. The van der Waals surface area contributed by atoms with Crippen molar-refractivity contribution in [2.24, 2.45) is 0 Å². The zero-order chi connectivity index (χ0) is 15.4. The summed E-state index contributed by atoms with van der Waals surface area (Å²) in [7, 11) is 0. The van der Waals surface area contributed by atoms with Crippen LogP contribution in [0, 0.1) is 0 Å². The SMILES string of the molecule is CC(O)CN(C(=O)Cc1ccc2c(c1)CCCC2)C(C)C. The van der Waals surface area contributed by atoms with Gasteiger partial charge in [-0.15, -0.1) is 0 Å². The normalized spacial score (nSPS) is 15.7. The van der Waals surface area contributed by atoms with E-state index in [1.165, 1.54) is 30.4 Å². The van der Waals surface area contributed by atoms with Crippen molar-refractivity contribution in [3.8, 4) is 0 Å². The van der Waals surface area contributed by atoms with Gasteiger partial charge in [0.25, 0.3) is 0 Å². The number of rotatable bonds is 5. The highest BCUT2D eigenvalue weighted by atomic mass is 16.3. The summed E-state index contributed by atoms with van der Waals surface area (Å²) in [5, 5.41) is 9.55. The molecule has 1 atom stereocenters. The Balaban J connectivity index is 2.07. The average molecular weight is 289 g/mol. The van der Waals surface area contributed by atoms with Gasteiger partial charge < -0.3 is 10.0 Å². The number of carbonyl (C=O) groups is 1. The van der Waals surface area contributed by atoms with E-state index in [4.69, 9.17) is 0 Å². The molecule has 1 aromatic rings. The summed E-state index contributed by atoms with van der Waals surface area (Å²) in [6.07, 6.45) is 4.78. The van der Waals surface area contributed by atoms with Crippen LogP contribution in [0.1, 0.15) is 50.3 Å². The number of carbonyl (C=O) groups excluding carboxylic acids is 1. The van der Waals surface area contributed by atoms with E-state index in [2.05, 4.69) is 18.2 Å². The average Bonchev–Trinajstić information content (AvgIpc) is 2.44. The summed E-state index contributed by atoms with van der Waals surface area (Å²) in [5.74, 6) is 0.0988. The zero-order valence-electron chi connectivity index (χ0n) is 13.4. The first-order valence-corrected chi connectivity index (χ1v) is 8.05. The van der Waals surface area contributed by atoms with E-state index in [1.807, 2.05) is 13.8 Å². The molecule has 1 aliphatic carbocycles. The van der Waals surface area contributed by atoms with Crippen molar-refractivity contribution in [3.05, 3.63) is 34.9 Å². The second-order valence-electron chi connectivity index (χ2n) is 6.48. The van der Waals surface area contributed by atoms with E-state index >= 15 is 0 Å². The quantitative estimate of drug-likeness (QED) is 0.905. The van der Waals surface area contributed by atoms with Crippen LogP contribution in [0.25, 0.3) is 0 Å². The van der Waals surface area contributed by atoms with Crippen molar-refractivity contribution in [1.82, 2.24) is 4.90 Å². The van der Waals surface area contributed by atoms with Gasteiger partial charge >= 0.3 is 0 Å². The van der Waals surface area contributed by atoms with Crippen LogP contribution in [-0.4, -0.2) is 34.6 Å². The maximum atomic E-state index is 12.5. The zero-order valence-corrected chi connectivity index (χ0v) is 13.4. The third-order valence-electron chi connectivity index (χ3n) is 4.17. The highest BCUT2D eigenvalue weighted by molar-refractivity contribution is 5.79. The molecule has 0 bridgehead atoms. The van der Waals surface area contributed by atoms with Crippen molar-refractivity contribution in [2.75, 3.05) is 6.54 Å². The first-order valence-electron chi connectivity index (χ1n) is 8.05. The van der Waals surface area contributed by atoms with E-state index < -0.39 is 6.10 Å². The fourth-order valence-electron chi connectivity index (χ4n) is 3.06. The molecule has 0 radical (unpaired) electrons. The lowest BCUT2D eigenvalue weighted by Gasteiger charge is -2.28. The molecule has 0 spiro atoms. The van der Waals surface area contributed by atoms with Crippen LogP contribution in [0.4, 0.5) is 0 Å². The summed E-state index contributed by atoms with van der Waals surface area (Å²) >= 11 is 0. The molecular weight excluding hydrogens is 262 g/mol. The maximum Gasteiger partial charge on any atom is 0.227 e. The molecule has 0 fully saturated rings. The molecule has 0 saturated carbocycles. The van der Waals surface area contributed by atoms with Crippen LogP contribution in [0.5, 0.6) is 0 Å². The molecule has 1 amide bonds. The predicted octanol–water partition coefficient (Wildman–Crippen LogP) is 2.73. The molecule has 1 aliphatic rings. The van der Waals surface area contributed by atoms with Crippen molar-refractivity contribution in [1.29, 1.82) is 0 Å². The van der Waals surface area contributed by atoms with E-state index in [0.29, 0.717) is 13.0 Å². The molecule has 3 heteroatoms. The number of benzene rings is 1. The minimum absolute atomic E-state index is 0.0988. The van der Waals surface area contributed by atoms with Crippen molar-refractivity contribution >= 4 is 5.91 Å². The van der Waals surface area contributed by atoms with Crippen LogP contribution in [-0.2, 0) is 24.1 Å². The van der Waals surface area contributed by atoms with Gasteiger partial charge in [-0.05, 0) is 63.1 Å². The number of hydrogen-bond donors (Lipinski definition) is 1. The van der Waals surface area contributed by atoms with Gasteiger partial charge in [-0.2, -0.15) is 0 Å². The van der Waals surface area contributed by atoms with Gasteiger partial charge in [0.2, 0.25) is 5.91 Å². The first-order chi connectivity index (χ1) is 9.97. The minimum Gasteiger partial charge on any atom is -0.392 e. The number of aliphatic hydroxyl groups excluding tert-OH is 1. The lowest BCUT2D eigenvalue weighted by Crippen LogP contribution is -2.42. The van der Waals surface area contributed by atoms with E-state index in [0.717, 1.165) is 12.0 Å². The summed E-state index contributed by atoms with van der Waals surface area (Å²) < 4.78 is 0. The molecule has 1 aromatic carbocycles. The smallest absolute Gasteiger partial charge is 0.227 e. The van der Waals surface area contributed by atoms with Gasteiger partial charge in [0.05, 0.1) is 12.5 Å². The molecule has 1 unspecified atom stereocenters. The second-order valence-corrected chi connectivity index (χ2v) is 6.48. The van der Waals surface area contributed by atoms with Crippen molar-refractivity contribution < 1.29 is 9.90 Å². The van der Waals surface area contributed by atoms with Crippen LogP contribution in [0.3, 0.4) is 0 Å². The lowest BCUT2D eigenvalue weighted by molar-refractivity contribution is -0.133. The Morgan fingerprint density at radius 1 is 1.19 bits per heavy atom. The van der Waals surface area contributed by atoms with Gasteiger partial charge in [0, 0.05) is 12.6 Å². The summed E-state index contributed by atoms with van der Waals surface area (Å²) in [4.78, 5) is 14.2. The molecule has 0 aliphatic heterocycles. The standard InChI is InChI=1S/C18H27NO2/c1-13(2)19(12-14(3)20)18(21)11-15-8-9-16-6-4-5-7-17(16)10-15/h8-10,13-14,20H,4-7,11-12H2,1-3H3. The summed E-state index contributed by atoms with van der Waals surface area (Å²) in [6, 6.07) is 6.59. The first kappa shape index (κ1) is 16.0. The van der Waals surface area contributed by atoms with Gasteiger partial charge in [-0.1, -0.05) is 18.2 Å². The molecule has 21 heavy (non-hydrogen) atoms. The summed E-state index contributed by atoms with van der Waals surface area (Å²) in [6.45, 7) is 6.11. The number of aryl methyl sites for hydroxylation is 2. The topological polar surface area (TPSA) is 40.5 Å². The Labute approximate surface area is 128 Å². The Morgan fingerprint density at radius 3 is 2.48 bits per heavy atom. The Bertz CT molecular complexity index is 494. The van der Waals surface area contributed by atoms with Crippen LogP contribution >= 0.6 is 0 Å². The number of fused-ring (bicyclic) bond motifs is 1. The molecular formula is C18H27NO2. The number of amides is 1. The highest BCUT2D eigenvalue weighted by Gasteiger charge is 2.19. The van der Waals surface area contributed by atoms with Gasteiger partial charge in [0.1, 0.15) is 0 Å². The van der Waals surface area contributed by atoms with Crippen LogP contribution < -0.4 is 0 Å². The summed E-state index contributed by atoms with van der Waals surface area (Å²) in [5.41, 5.74) is 3.96. The molecule has 116 valence electrons. The Kier molecular flexibility index (Phi) is 5.40. The Hall–Kier alpha value is -1.35. The fraction of sp³-hybridized carbons (Fsp3) is 0.611. The highest BCUT2D eigenvalue weighted by Crippen LogP contribution is 2.22.